The Hall–Kier alpha value is -1.78. The van der Waals surface area contributed by atoms with Crippen molar-refractivity contribution in [2.75, 3.05) is 7.05 Å². The van der Waals surface area contributed by atoms with Crippen LogP contribution < -0.4 is 10.6 Å². The molecule has 0 aliphatic carbocycles. The fourth-order valence-electron chi connectivity index (χ4n) is 2.90. The van der Waals surface area contributed by atoms with Crippen molar-refractivity contribution in [3.63, 3.8) is 0 Å². The van der Waals surface area contributed by atoms with E-state index in [1.807, 2.05) is 25.6 Å². The van der Waals surface area contributed by atoms with Gasteiger partial charge in [-0.1, -0.05) is 12.1 Å². The van der Waals surface area contributed by atoms with Crippen molar-refractivity contribution in [3.05, 3.63) is 52.3 Å². The molecule has 28 heavy (non-hydrogen) atoms. The number of guanidine groups is 1. The van der Waals surface area contributed by atoms with Crippen LogP contribution in [-0.4, -0.2) is 28.8 Å². The van der Waals surface area contributed by atoms with Gasteiger partial charge in [0.05, 0.1) is 11.3 Å². The highest BCUT2D eigenvalue weighted by Crippen LogP contribution is 2.29. The predicted molar refractivity (Wildman–Crippen MR) is 116 cm³/mol. The third-order valence-electron chi connectivity index (χ3n) is 4.52. The number of aromatic nitrogens is 2. The van der Waals surface area contributed by atoms with Crippen molar-refractivity contribution < 1.29 is 13.2 Å². The second kappa shape index (κ2) is 10.1. The Labute approximate surface area is 180 Å². The monoisotopic (exact) mass is 509 g/mol. The second-order valence-corrected chi connectivity index (χ2v) is 6.64. The Morgan fingerprint density at radius 3 is 2.29 bits per heavy atom. The molecule has 5 nitrogen and oxygen atoms in total. The summed E-state index contributed by atoms with van der Waals surface area (Å²) in [4.78, 5) is 4.19. The minimum Gasteiger partial charge on any atom is -0.354 e. The van der Waals surface area contributed by atoms with Crippen LogP contribution in [0, 0.1) is 13.8 Å². The third kappa shape index (κ3) is 6.39. The number of aryl methyl sites for hydroxylation is 2. The molecule has 156 valence electrons. The van der Waals surface area contributed by atoms with Gasteiger partial charge >= 0.3 is 6.18 Å². The van der Waals surface area contributed by atoms with E-state index >= 15 is 0 Å². The molecule has 9 heteroatoms. The number of rotatable bonds is 5. The molecule has 0 saturated heterocycles. The molecule has 0 fully saturated rings. The number of nitrogens with one attached hydrogen (secondary N) is 2. The van der Waals surface area contributed by atoms with Crippen LogP contribution in [-0.2, 0) is 26.2 Å². The molecule has 0 bridgehead atoms. The van der Waals surface area contributed by atoms with E-state index < -0.39 is 11.7 Å². The van der Waals surface area contributed by atoms with Crippen LogP contribution in [0.4, 0.5) is 13.2 Å². The van der Waals surface area contributed by atoms with Gasteiger partial charge in [0, 0.05) is 32.4 Å². The van der Waals surface area contributed by atoms with E-state index in [1.54, 1.807) is 7.05 Å². The molecule has 0 spiro atoms. The maximum atomic E-state index is 12.6. The lowest BCUT2D eigenvalue weighted by Gasteiger charge is -2.18. The van der Waals surface area contributed by atoms with Crippen LogP contribution in [0.1, 0.15) is 35.0 Å². The summed E-state index contributed by atoms with van der Waals surface area (Å²) in [5.74, 6) is 0.599. The highest BCUT2D eigenvalue weighted by Gasteiger charge is 2.29. The maximum absolute atomic E-state index is 12.6. The number of hydrogen-bond donors (Lipinski definition) is 2. The highest BCUT2D eigenvalue weighted by atomic mass is 127. The summed E-state index contributed by atoms with van der Waals surface area (Å²) in [6.07, 6.45) is -3.52. The molecule has 1 atom stereocenters. The normalized spacial score (nSPS) is 13.1. The molecule has 0 saturated carbocycles. The summed E-state index contributed by atoms with van der Waals surface area (Å²) in [6, 6.07) is 5.22. The van der Waals surface area contributed by atoms with E-state index in [9.17, 15) is 13.2 Å². The van der Waals surface area contributed by atoms with Crippen LogP contribution in [0.2, 0.25) is 0 Å². The topological polar surface area (TPSA) is 54.2 Å². The lowest BCUT2D eigenvalue weighted by Crippen LogP contribution is -2.42. The smallest absolute Gasteiger partial charge is 0.354 e. The molecule has 1 unspecified atom stereocenters. The van der Waals surface area contributed by atoms with Crippen molar-refractivity contribution in [1.82, 2.24) is 20.4 Å². The first-order chi connectivity index (χ1) is 12.6. The van der Waals surface area contributed by atoms with Crippen molar-refractivity contribution >= 4 is 29.9 Å². The summed E-state index contributed by atoms with van der Waals surface area (Å²) < 4.78 is 39.7. The number of benzene rings is 1. The molecule has 1 heterocycles. The van der Waals surface area contributed by atoms with E-state index in [4.69, 9.17) is 0 Å². The molecule has 2 rings (SSSR count). The Kier molecular flexibility index (Phi) is 8.77. The summed E-state index contributed by atoms with van der Waals surface area (Å²) in [5, 5.41) is 10.9. The Balaban J connectivity index is 0.00000392. The number of halogens is 4. The van der Waals surface area contributed by atoms with Gasteiger partial charge in [-0.05, 0) is 50.5 Å². The van der Waals surface area contributed by atoms with Gasteiger partial charge in [-0.2, -0.15) is 18.3 Å². The molecule has 2 N–H and O–H groups in total. The zero-order valence-electron chi connectivity index (χ0n) is 16.7. The maximum Gasteiger partial charge on any atom is 0.416 e. The number of nitrogens with zero attached hydrogens (tertiary/aromatic N) is 3. The largest absolute Gasteiger partial charge is 0.416 e. The van der Waals surface area contributed by atoms with Crippen molar-refractivity contribution in [1.29, 1.82) is 0 Å². The lowest BCUT2D eigenvalue weighted by molar-refractivity contribution is -0.137. The van der Waals surface area contributed by atoms with Gasteiger partial charge in [-0.15, -0.1) is 24.0 Å². The second-order valence-electron chi connectivity index (χ2n) is 6.64. The van der Waals surface area contributed by atoms with Gasteiger partial charge in [0.1, 0.15) is 0 Å². The van der Waals surface area contributed by atoms with E-state index in [0.717, 1.165) is 35.5 Å². The zero-order chi connectivity index (χ0) is 20.2. The first-order valence-electron chi connectivity index (χ1n) is 8.74. The van der Waals surface area contributed by atoms with Gasteiger partial charge < -0.3 is 10.6 Å². The van der Waals surface area contributed by atoms with Crippen LogP contribution >= 0.6 is 24.0 Å². The molecule has 1 aromatic carbocycles. The van der Waals surface area contributed by atoms with Gasteiger partial charge in [0.2, 0.25) is 0 Å². The highest BCUT2D eigenvalue weighted by molar-refractivity contribution is 14.0. The first kappa shape index (κ1) is 24.3. The Morgan fingerprint density at radius 1 is 1.21 bits per heavy atom. The summed E-state index contributed by atoms with van der Waals surface area (Å²) in [6.45, 7) is 6.47. The lowest BCUT2D eigenvalue weighted by atomic mass is 10.1. The van der Waals surface area contributed by atoms with Crippen molar-refractivity contribution in [2.45, 2.75) is 46.0 Å². The van der Waals surface area contributed by atoms with Gasteiger partial charge in [-0.25, -0.2) is 0 Å². The van der Waals surface area contributed by atoms with Crippen molar-refractivity contribution in [2.24, 2.45) is 12.0 Å². The quantitative estimate of drug-likeness (QED) is 0.365. The van der Waals surface area contributed by atoms with E-state index in [1.165, 1.54) is 17.7 Å². The summed E-state index contributed by atoms with van der Waals surface area (Å²) >= 11 is 0. The molecular weight excluding hydrogens is 482 g/mol. The van der Waals surface area contributed by atoms with Crippen molar-refractivity contribution in [3.8, 4) is 0 Å². The molecule has 1 aromatic heterocycles. The minimum absolute atomic E-state index is 0. The SMILES string of the molecule is CN=C(NCc1ccc(C(F)(F)F)cc1)NC(C)Cc1c(C)nn(C)c1C.I. The van der Waals surface area contributed by atoms with Gasteiger partial charge in [-0.3, -0.25) is 9.67 Å². The standard InChI is InChI=1S/C19H26F3N5.HI/c1-12(10-17-13(2)26-27(5)14(17)3)25-18(23-4)24-11-15-6-8-16(9-7-15)19(20,21)22;/h6-9,12H,10-11H2,1-5H3,(H2,23,24,25);1H. The van der Waals surface area contributed by atoms with E-state index in [-0.39, 0.29) is 30.0 Å². The predicted octanol–water partition coefficient (Wildman–Crippen LogP) is 3.97. The first-order valence-corrected chi connectivity index (χ1v) is 8.74. The van der Waals surface area contributed by atoms with Crippen LogP contribution in [0.15, 0.2) is 29.3 Å². The van der Waals surface area contributed by atoms with Gasteiger partial charge in [0.15, 0.2) is 5.96 Å². The van der Waals surface area contributed by atoms with Crippen LogP contribution in [0.25, 0.3) is 0 Å². The molecule has 0 aliphatic heterocycles. The zero-order valence-corrected chi connectivity index (χ0v) is 19.0. The number of alkyl halides is 3. The fourth-order valence-corrected chi connectivity index (χ4v) is 2.90. The Morgan fingerprint density at radius 2 is 1.82 bits per heavy atom. The minimum atomic E-state index is -4.32. The average molecular weight is 509 g/mol. The third-order valence-corrected chi connectivity index (χ3v) is 4.52. The van der Waals surface area contributed by atoms with Crippen LogP contribution in [0.3, 0.4) is 0 Å². The van der Waals surface area contributed by atoms with E-state index in [0.29, 0.717) is 12.5 Å². The molecule has 2 aromatic rings. The fraction of sp³-hybridized carbons (Fsp3) is 0.474. The van der Waals surface area contributed by atoms with Crippen LogP contribution in [0.5, 0.6) is 0 Å². The van der Waals surface area contributed by atoms with E-state index in [2.05, 4.69) is 27.6 Å². The molecule has 0 radical (unpaired) electrons. The summed E-state index contributed by atoms with van der Waals surface area (Å²) in [7, 11) is 3.59. The van der Waals surface area contributed by atoms with Gasteiger partial charge in [0.25, 0.3) is 0 Å². The summed E-state index contributed by atoms with van der Waals surface area (Å²) in [5.41, 5.74) is 3.45. The molecule has 0 aliphatic rings. The molecular formula is C19H27F3IN5. The average Bonchev–Trinajstić information content (AvgIpc) is 2.84. The number of aliphatic imine (C=N–C) groups is 1. The number of hydrogen-bond acceptors (Lipinski definition) is 2. The Bertz CT molecular complexity index is 797. The molecule has 0 amide bonds.